The van der Waals surface area contributed by atoms with E-state index >= 15 is 0 Å². The third kappa shape index (κ3) is 7.01. The van der Waals surface area contributed by atoms with Crippen molar-refractivity contribution in [3.63, 3.8) is 0 Å². The van der Waals surface area contributed by atoms with E-state index in [4.69, 9.17) is 0 Å². The quantitative estimate of drug-likeness (QED) is 0.420. The first-order valence-corrected chi connectivity index (χ1v) is 3.61. The van der Waals surface area contributed by atoms with Gasteiger partial charge in [0.25, 0.3) is 0 Å². The van der Waals surface area contributed by atoms with Gasteiger partial charge in [0.1, 0.15) is 0 Å². The van der Waals surface area contributed by atoms with Crippen LogP contribution in [0.15, 0.2) is 24.3 Å². The number of rotatable bonds is 1. The van der Waals surface area contributed by atoms with Gasteiger partial charge >= 0.3 is 89.3 Å². The van der Waals surface area contributed by atoms with Crippen LogP contribution in [0, 0.1) is 0 Å². The Bertz CT molecular complexity index is 218. The molecule has 0 aromatic heterocycles. The molecule has 0 unspecified atom stereocenters. The van der Waals surface area contributed by atoms with Gasteiger partial charge in [0, 0.05) is 0 Å². The monoisotopic (exact) mass is 228 g/mol. The SMILES string of the molecule is FC(F)c1cc[c]([Mg+])cc1.[Cl-].[Cl-].[Li+]. The van der Waals surface area contributed by atoms with E-state index in [9.17, 15) is 8.78 Å². The summed E-state index contributed by atoms with van der Waals surface area (Å²) in [5.41, 5.74) is 0.0930. The van der Waals surface area contributed by atoms with E-state index in [2.05, 4.69) is 0 Å². The molecule has 0 fully saturated rings. The van der Waals surface area contributed by atoms with Gasteiger partial charge in [0.2, 0.25) is 0 Å². The minimum Gasteiger partial charge on any atom is -1.00 e. The van der Waals surface area contributed by atoms with Crippen LogP contribution in [0.2, 0.25) is 0 Å². The molecule has 6 heteroatoms. The van der Waals surface area contributed by atoms with Crippen molar-refractivity contribution in [1.82, 2.24) is 0 Å². The molecular weight excluding hydrogens is 224 g/mol. The summed E-state index contributed by atoms with van der Waals surface area (Å²) in [5, 5.41) is 0. The van der Waals surface area contributed by atoms with Gasteiger partial charge in [0.15, 0.2) is 0 Å². The average Bonchev–Trinajstić information content (AvgIpc) is 1.88. The zero-order valence-electron chi connectivity index (χ0n) is 7.11. The minimum atomic E-state index is -2.34. The van der Waals surface area contributed by atoms with Gasteiger partial charge in [0.05, 0.1) is 0 Å². The molecule has 0 amide bonds. The molecule has 0 atom stereocenters. The van der Waals surface area contributed by atoms with Crippen molar-refractivity contribution in [3.8, 4) is 0 Å². The molecule has 0 nitrogen and oxygen atoms in total. The van der Waals surface area contributed by atoms with Gasteiger partial charge in [-0.1, -0.05) is 0 Å². The molecule has 0 bridgehead atoms. The van der Waals surface area contributed by atoms with E-state index in [1.54, 1.807) is 33.8 Å². The fourth-order valence-electron chi connectivity index (χ4n) is 0.663. The Morgan fingerprint density at radius 3 is 1.69 bits per heavy atom. The zero-order chi connectivity index (χ0) is 7.56. The van der Waals surface area contributed by atoms with Crippen molar-refractivity contribution in [1.29, 1.82) is 0 Å². The topological polar surface area (TPSA) is 0 Å². The van der Waals surface area contributed by atoms with Gasteiger partial charge in [-0.2, -0.15) is 0 Å². The van der Waals surface area contributed by atoms with Crippen LogP contribution >= 0.6 is 0 Å². The summed E-state index contributed by atoms with van der Waals surface area (Å²) in [6.07, 6.45) is -2.34. The molecule has 0 heterocycles. The minimum absolute atomic E-state index is 0. The maximum absolute atomic E-state index is 11.9. The largest absolute Gasteiger partial charge is 1.00 e. The second-order valence-corrected chi connectivity index (χ2v) is 2.86. The Morgan fingerprint density at radius 1 is 1.00 bits per heavy atom. The normalized spacial score (nSPS) is 8.08. The molecule has 0 radical (unpaired) electrons. The first-order valence-electron chi connectivity index (χ1n) is 2.90. The molecule has 0 N–H and O–H groups in total. The van der Waals surface area contributed by atoms with Crippen molar-refractivity contribution in [3.05, 3.63) is 29.8 Å². The number of hydrogen-bond donors (Lipinski definition) is 0. The molecule has 64 valence electrons. The first-order chi connectivity index (χ1) is 4.70. The fraction of sp³-hybridized carbons (Fsp3) is 0.143. The van der Waals surface area contributed by atoms with Crippen LogP contribution in [0.1, 0.15) is 12.0 Å². The third-order valence-corrected chi connectivity index (χ3v) is 1.70. The van der Waals surface area contributed by atoms with Gasteiger partial charge < -0.3 is 24.8 Å². The molecule has 13 heavy (non-hydrogen) atoms. The zero-order valence-corrected chi connectivity index (χ0v) is 10.0. The fourth-order valence-corrected chi connectivity index (χ4v) is 0.899. The van der Waals surface area contributed by atoms with E-state index in [-0.39, 0.29) is 49.2 Å². The van der Waals surface area contributed by atoms with E-state index < -0.39 is 6.43 Å². The van der Waals surface area contributed by atoms with E-state index in [1.807, 2.05) is 0 Å². The van der Waals surface area contributed by atoms with Crippen molar-refractivity contribution in [2.45, 2.75) is 6.43 Å². The molecule has 0 saturated heterocycles. The van der Waals surface area contributed by atoms with Gasteiger partial charge in [-0.25, -0.2) is 0 Å². The molecule has 0 spiro atoms. The molecule has 0 saturated carbocycles. The Balaban J connectivity index is -0.000000333. The summed E-state index contributed by atoms with van der Waals surface area (Å²) in [7, 11) is 0. The molecule has 0 aliphatic heterocycles. The summed E-state index contributed by atoms with van der Waals surface area (Å²) < 4.78 is 24.8. The van der Waals surface area contributed by atoms with Crippen LogP contribution < -0.4 is 47.4 Å². The molecule has 0 aliphatic rings. The number of benzene rings is 1. The van der Waals surface area contributed by atoms with Crippen molar-refractivity contribution in [2.24, 2.45) is 0 Å². The summed E-state index contributed by atoms with van der Waals surface area (Å²) in [4.78, 5) is 0. The summed E-state index contributed by atoms with van der Waals surface area (Å²) >= 11 is 1.68. The van der Waals surface area contributed by atoms with Crippen LogP contribution in [0.4, 0.5) is 8.78 Å². The summed E-state index contributed by atoms with van der Waals surface area (Å²) in [6.45, 7) is 0. The van der Waals surface area contributed by atoms with E-state index in [0.29, 0.717) is 0 Å². The second kappa shape index (κ2) is 9.57. The molecule has 0 aliphatic carbocycles. The van der Waals surface area contributed by atoms with E-state index in [1.165, 1.54) is 12.1 Å². The summed E-state index contributed by atoms with van der Waals surface area (Å²) in [5.74, 6) is 0. The second-order valence-electron chi connectivity index (χ2n) is 2.04. The van der Waals surface area contributed by atoms with Crippen molar-refractivity contribution in [2.75, 3.05) is 0 Å². The number of alkyl halides is 2. The molecular formula is C7H5Cl2F2LiMg. The van der Waals surface area contributed by atoms with Crippen LogP contribution in [0.3, 0.4) is 0 Å². The number of halogens is 4. The molecule has 1 aromatic rings. The van der Waals surface area contributed by atoms with Gasteiger partial charge in [-0.3, -0.25) is 0 Å². The first kappa shape index (κ1) is 19.6. The smallest absolute Gasteiger partial charge is 1.00 e. The van der Waals surface area contributed by atoms with E-state index in [0.717, 1.165) is 3.69 Å². The summed E-state index contributed by atoms with van der Waals surface area (Å²) in [6, 6.07) is 6.29. The van der Waals surface area contributed by atoms with Crippen molar-refractivity contribution < 1.29 is 52.5 Å². The predicted molar refractivity (Wildman–Crippen MR) is 36.8 cm³/mol. The van der Waals surface area contributed by atoms with Gasteiger partial charge in [-0.15, -0.1) is 0 Å². The standard InChI is InChI=1S/C7H5F2.2ClH.Li.Mg/c8-7(9)6-4-2-1-3-5-6;;;;/h2-5,7H;2*1H;;/q;;;2*+1/p-2. The van der Waals surface area contributed by atoms with Crippen molar-refractivity contribution >= 4 is 25.4 Å². The Morgan fingerprint density at radius 2 is 1.38 bits per heavy atom. The van der Waals surface area contributed by atoms with Crippen LogP contribution in [-0.2, 0) is 0 Å². The third-order valence-electron chi connectivity index (χ3n) is 1.23. The Kier molecular flexibility index (Phi) is 14.4. The van der Waals surface area contributed by atoms with Crippen LogP contribution in [0.5, 0.6) is 0 Å². The molecule has 1 aromatic carbocycles. The Hall–Kier alpha value is 1.02. The van der Waals surface area contributed by atoms with Gasteiger partial charge in [-0.05, 0) is 0 Å². The predicted octanol–water partition coefficient (Wildman–Crippen LogP) is -7.57. The molecule has 1 rings (SSSR count). The number of hydrogen-bond acceptors (Lipinski definition) is 0. The maximum atomic E-state index is 11.9. The Labute approximate surface area is 113 Å². The van der Waals surface area contributed by atoms with Crippen LogP contribution in [-0.4, -0.2) is 21.7 Å². The maximum Gasteiger partial charge on any atom is 1.00 e. The van der Waals surface area contributed by atoms with Crippen LogP contribution in [0.25, 0.3) is 0 Å². The average molecular weight is 229 g/mol.